The van der Waals surface area contributed by atoms with Crippen LogP contribution in [0.15, 0.2) is 0 Å². The molecule has 0 atom stereocenters. The highest BCUT2D eigenvalue weighted by Gasteiger charge is 2.23. The number of rotatable bonds is 3. The minimum Gasteiger partial charge on any atom is -0.368 e. The van der Waals surface area contributed by atoms with Gasteiger partial charge in [-0.25, -0.2) is 14.3 Å². The number of piperazine rings is 1. The van der Waals surface area contributed by atoms with Gasteiger partial charge >= 0.3 is 0 Å². The zero-order valence-corrected chi connectivity index (χ0v) is 12.5. The Morgan fingerprint density at radius 3 is 2.50 bits per heavy atom. The molecule has 7 nitrogen and oxygen atoms in total. The van der Waals surface area contributed by atoms with Crippen LogP contribution >= 0.6 is 0 Å². The lowest BCUT2D eigenvalue weighted by atomic mass is 10.2. The Morgan fingerprint density at radius 1 is 1.15 bits per heavy atom. The number of anilines is 1. The lowest BCUT2D eigenvalue weighted by molar-refractivity contribution is 0.289. The molecule has 0 spiro atoms. The monoisotopic (exact) mass is 277 g/mol. The Hall–Kier alpha value is -1.76. The van der Waals surface area contributed by atoms with Crippen LogP contribution < -0.4 is 10.7 Å². The number of hydrogen-bond donors (Lipinski definition) is 1. The average Bonchev–Trinajstić information content (AvgIpc) is 2.90. The van der Waals surface area contributed by atoms with Crippen molar-refractivity contribution in [3.63, 3.8) is 0 Å². The van der Waals surface area contributed by atoms with Crippen molar-refractivity contribution in [2.24, 2.45) is 7.05 Å². The van der Waals surface area contributed by atoms with E-state index in [0.29, 0.717) is 5.95 Å². The Balaban J connectivity index is 2.04. The molecule has 0 unspecified atom stereocenters. The SMILES string of the molecule is CCCc1nn(C)c2c1nc(N)n2N1CCN(C)CC1. The van der Waals surface area contributed by atoms with Crippen molar-refractivity contribution in [3.05, 3.63) is 5.69 Å². The van der Waals surface area contributed by atoms with Gasteiger partial charge in [0.05, 0.1) is 5.69 Å². The van der Waals surface area contributed by atoms with Crippen LogP contribution in [0.1, 0.15) is 19.0 Å². The molecule has 0 aliphatic carbocycles. The number of aromatic nitrogens is 4. The quantitative estimate of drug-likeness (QED) is 0.867. The van der Waals surface area contributed by atoms with E-state index in [2.05, 4.69) is 34.0 Å². The Labute approximate surface area is 118 Å². The minimum atomic E-state index is 0.565. The van der Waals surface area contributed by atoms with E-state index < -0.39 is 0 Å². The summed E-state index contributed by atoms with van der Waals surface area (Å²) in [6.07, 6.45) is 2.00. The summed E-state index contributed by atoms with van der Waals surface area (Å²) in [5.41, 5.74) is 9.16. The first-order valence-corrected chi connectivity index (χ1v) is 7.25. The van der Waals surface area contributed by atoms with Gasteiger partial charge in [-0.05, 0) is 13.5 Å². The molecule has 3 heterocycles. The molecular formula is C13H23N7. The molecule has 0 bridgehead atoms. The maximum absolute atomic E-state index is 6.15. The zero-order chi connectivity index (χ0) is 14.3. The van der Waals surface area contributed by atoms with Crippen LogP contribution in [-0.4, -0.2) is 57.6 Å². The van der Waals surface area contributed by atoms with E-state index in [-0.39, 0.29) is 0 Å². The molecule has 7 heteroatoms. The number of likely N-dealkylation sites (N-methyl/N-ethyl adjacent to an activating group) is 1. The number of fused-ring (bicyclic) bond motifs is 1. The molecule has 2 aromatic rings. The first kappa shape index (κ1) is 13.2. The maximum Gasteiger partial charge on any atom is 0.222 e. The first-order valence-electron chi connectivity index (χ1n) is 7.25. The number of nitrogen functional groups attached to an aromatic ring is 1. The molecule has 0 aromatic carbocycles. The summed E-state index contributed by atoms with van der Waals surface area (Å²) in [5, 5.41) is 6.86. The maximum atomic E-state index is 6.15. The third-order valence-electron chi connectivity index (χ3n) is 3.96. The van der Waals surface area contributed by atoms with E-state index in [1.807, 2.05) is 16.4 Å². The normalized spacial score (nSPS) is 17.2. The van der Waals surface area contributed by atoms with E-state index in [9.17, 15) is 0 Å². The van der Waals surface area contributed by atoms with Crippen molar-refractivity contribution in [2.45, 2.75) is 19.8 Å². The van der Waals surface area contributed by atoms with Gasteiger partial charge < -0.3 is 15.6 Å². The summed E-state index contributed by atoms with van der Waals surface area (Å²) >= 11 is 0. The molecular weight excluding hydrogens is 254 g/mol. The van der Waals surface area contributed by atoms with Crippen LogP contribution in [0.4, 0.5) is 5.95 Å². The molecule has 1 aliphatic rings. The molecule has 20 heavy (non-hydrogen) atoms. The molecule has 2 aromatic heterocycles. The number of imidazole rings is 1. The molecule has 1 fully saturated rings. The highest BCUT2D eigenvalue weighted by Crippen LogP contribution is 2.22. The van der Waals surface area contributed by atoms with E-state index in [0.717, 1.165) is 55.9 Å². The van der Waals surface area contributed by atoms with Crippen LogP contribution in [0.25, 0.3) is 11.2 Å². The molecule has 0 amide bonds. The van der Waals surface area contributed by atoms with Gasteiger partial charge in [0, 0.05) is 33.2 Å². The summed E-state index contributed by atoms with van der Waals surface area (Å²) in [6, 6.07) is 0. The van der Waals surface area contributed by atoms with Gasteiger partial charge in [0.15, 0.2) is 5.65 Å². The van der Waals surface area contributed by atoms with E-state index in [1.54, 1.807) is 0 Å². The highest BCUT2D eigenvalue weighted by molar-refractivity contribution is 5.78. The largest absolute Gasteiger partial charge is 0.368 e. The Morgan fingerprint density at radius 2 is 1.85 bits per heavy atom. The first-order chi connectivity index (χ1) is 9.61. The topological polar surface area (TPSA) is 68.1 Å². The van der Waals surface area contributed by atoms with Crippen molar-refractivity contribution in [1.82, 2.24) is 24.3 Å². The third kappa shape index (κ3) is 2.02. The summed E-state index contributed by atoms with van der Waals surface area (Å²) in [6.45, 7) is 6.15. The third-order valence-corrected chi connectivity index (χ3v) is 3.96. The van der Waals surface area contributed by atoms with Gasteiger partial charge in [-0.2, -0.15) is 5.10 Å². The second-order valence-corrected chi connectivity index (χ2v) is 5.53. The second-order valence-electron chi connectivity index (χ2n) is 5.53. The van der Waals surface area contributed by atoms with Gasteiger partial charge in [-0.1, -0.05) is 13.3 Å². The number of hydrogen-bond acceptors (Lipinski definition) is 5. The van der Waals surface area contributed by atoms with Gasteiger partial charge in [-0.15, -0.1) is 0 Å². The number of aryl methyl sites for hydroxylation is 2. The lowest BCUT2D eigenvalue weighted by Gasteiger charge is -2.34. The van der Waals surface area contributed by atoms with E-state index in [4.69, 9.17) is 5.73 Å². The van der Waals surface area contributed by atoms with Crippen LogP contribution in [0.2, 0.25) is 0 Å². The molecule has 2 N–H and O–H groups in total. The fourth-order valence-corrected chi connectivity index (χ4v) is 2.86. The molecule has 3 rings (SSSR count). The number of nitrogens with two attached hydrogens (primary N) is 1. The van der Waals surface area contributed by atoms with Crippen LogP contribution in [0.5, 0.6) is 0 Å². The van der Waals surface area contributed by atoms with Gasteiger partial charge in [-0.3, -0.25) is 0 Å². The van der Waals surface area contributed by atoms with Gasteiger partial charge in [0.1, 0.15) is 5.52 Å². The molecule has 110 valence electrons. The predicted molar refractivity (Wildman–Crippen MR) is 80.4 cm³/mol. The fourth-order valence-electron chi connectivity index (χ4n) is 2.86. The highest BCUT2D eigenvalue weighted by atomic mass is 15.6. The van der Waals surface area contributed by atoms with E-state index >= 15 is 0 Å². The summed E-state index contributed by atoms with van der Waals surface area (Å²) in [7, 11) is 4.11. The van der Waals surface area contributed by atoms with Crippen LogP contribution in [0, 0.1) is 0 Å². The molecule has 1 saturated heterocycles. The predicted octanol–water partition coefficient (Wildman–Crippen LogP) is 0.188. The average molecular weight is 277 g/mol. The van der Waals surface area contributed by atoms with Crippen molar-refractivity contribution >= 4 is 17.1 Å². The Bertz CT molecular complexity index is 604. The molecule has 0 radical (unpaired) electrons. The number of nitrogens with zero attached hydrogens (tertiary/aromatic N) is 6. The molecule has 0 saturated carbocycles. The lowest BCUT2D eigenvalue weighted by Crippen LogP contribution is -2.50. The minimum absolute atomic E-state index is 0.565. The Kier molecular flexibility index (Phi) is 3.29. The van der Waals surface area contributed by atoms with Crippen LogP contribution in [0.3, 0.4) is 0 Å². The van der Waals surface area contributed by atoms with E-state index in [1.165, 1.54) is 0 Å². The van der Waals surface area contributed by atoms with Crippen LogP contribution in [-0.2, 0) is 13.5 Å². The summed E-state index contributed by atoms with van der Waals surface area (Å²) in [5.74, 6) is 0.565. The fraction of sp³-hybridized carbons (Fsp3) is 0.692. The summed E-state index contributed by atoms with van der Waals surface area (Å²) < 4.78 is 3.94. The van der Waals surface area contributed by atoms with Gasteiger partial charge in [0.25, 0.3) is 0 Å². The van der Waals surface area contributed by atoms with Crippen molar-refractivity contribution in [2.75, 3.05) is 44.0 Å². The van der Waals surface area contributed by atoms with Crippen molar-refractivity contribution in [3.8, 4) is 0 Å². The standard InChI is InChI=1S/C13H23N7/c1-4-5-10-11-12(18(3)16-10)20(13(14)15-11)19-8-6-17(2)7-9-19/h4-9H2,1-3H3,(H2,14,15). The summed E-state index contributed by atoms with van der Waals surface area (Å²) in [4.78, 5) is 6.87. The zero-order valence-electron chi connectivity index (χ0n) is 12.5. The van der Waals surface area contributed by atoms with Gasteiger partial charge in [0.2, 0.25) is 5.95 Å². The molecule has 1 aliphatic heterocycles. The van der Waals surface area contributed by atoms with Crippen molar-refractivity contribution < 1.29 is 0 Å². The second kappa shape index (κ2) is 4.97. The smallest absolute Gasteiger partial charge is 0.222 e. The van der Waals surface area contributed by atoms with Crippen molar-refractivity contribution in [1.29, 1.82) is 0 Å².